The summed E-state index contributed by atoms with van der Waals surface area (Å²) < 4.78 is 1.91. The molecule has 0 aliphatic rings. The van der Waals surface area contributed by atoms with Crippen LogP contribution >= 0.6 is 0 Å². The summed E-state index contributed by atoms with van der Waals surface area (Å²) in [5.41, 5.74) is 6.48. The molecule has 0 aliphatic heterocycles. The van der Waals surface area contributed by atoms with Crippen LogP contribution in [0.3, 0.4) is 0 Å². The number of nitrogens with zero attached hydrogens (tertiary/aromatic N) is 2. The highest BCUT2D eigenvalue weighted by atomic mass is 16.1. The highest BCUT2D eigenvalue weighted by molar-refractivity contribution is 5.88. The number of rotatable bonds is 3. The molecule has 3 nitrogen and oxygen atoms in total. The molecule has 0 bridgehead atoms. The van der Waals surface area contributed by atoms with Crippen LogP contribution in [0.15, 0.2) is 54.6 Å². The Labute approximate surface area is 135 Å². The van der Waals surface area contributed by atoms with Crippen molar-refractivity contribution in [2.24, 2.45) is 7.05 Å². The van der Waals surface area contributed by atoms with Crippen LogP contribution in [0.25, 0.3) is 22.4 Å². The maximum Gasteiger partial charge on any atom is 0.166 e. The lowest BCUT2D eigenvalue weighted by Gasteiger charge is -2.09. The summed E-state index contributed by atoms with van der Waals surface area (Å²) >= 11 is 0. The van der Waals surface area contributed by atoms with E-state index in [9.17, 15) is 4.79 Å². The van der Waals surface area contributed by atoms with Crippen LogP contribution < -0.4 is 0 Å². The second kappa shape index (κ2) is 5.94. The van der Waals surface area contributed by atoms with Gasteiger partial charge >= 0.3 is 0 Å². The number of aromatic nitrogens is 1. The summed E-state index contributed by atoms with van der Waals surface area (Å²) in [6, 6.07) is 19.7. The van der Waals surface area contributed by atoms with Crippen molar-refractivity contribution >= 4 is 6.29 Å². The zero-order valence-corrected chi connectivity index (χ0v) is 13.1. The Hall–Kier alpha value is -3.12. The average Bonchev–Trinajstić information content (AvgIpc) is 2.92. The number of carbonyl (C=O) groups excluding carboxylic acids is 1. The number of hydrogen-bond acceptors (Lipinski definition) is 2. The molecule has 3 rings (SSSR count). The van der Waals surface area contributed by atoms with Crippen molar-refractivity contribution in [2.45, 2.75) is 6.92 Å². The number of carbonyl (C=O) groups is 1. The highest BCUT2D eigenvalue weighted by Gasteiger charge is 2.15. The van der Waals surface area contributed by atoms with Gasteiger partial charge in [0.1, 0.15) is 0 Å². The zero-order valence-electron chi connectivity index (χ0n) is 13.1. The minimum absolute atomic E-state index is 0.622. The zero-order chi connectivity index (χ0) is 16.4. The summed E-state index contributed by atoms with van der Waals surface area (Å²) in [6.45, 7) is 2.05. The molecule has 0 radical (unpaired) electrons. The van der Waals surface area contributed by atoms with Gasteiger partial charge < -0.3 is 4.57 Å². The number of nitriles is 1. The third-order valence-electron chi connectivity index (χ3n) is 4.04. The van der Waals surface area contributed by atoms with Crippen LogP contribution in [0.5, 0.6) is 0 Å². The highest BCUT2D eigenvalue weighted by Crippen LogP contribution is 2.34. The summed E-state index contributed by atoms with van der Waals surface area (Å²) in [6.07, 6.45) is 0.866. The molecule has 0 saturated heterocycles. The molecular formula is C20H16N2O. The molecule has 3 heteroatoms. The molecule has 0 atom stereocenters. The first-order chi connectivity index (χ1) is 11.1. The Morgan fingerprint density at radius 3 is 2.17 bits per heavy atom. The Morgan fingerprint density at radius 1 is 1.00 bits per heavy atom. The lowest BCUT2D eigenvalue weighted by Crippen LogP contribution is -1.97. The molecule has 1 heterocycles. The molecule has 0 unspecified atom stereocenters. The van der Waals surface area contributed by atoms with Gasteiger partial charge in [0.15, 0.2) is 6.29 Å². The van der Waals surface area contributed by atoms with Gasteiger partial charge in [-0.25, -0.2) is 0 Å². The topological polar surface area (TPSA) is 45.8 Å². The smallest absolute Gasteiger partial charge is 0.166 e. The van der Waals surface area contributed by atoms with Gasteiger partial charge in [-0.1, -0.05) is 42.0 Å². The monoisotopic (exact) mass is 300 g/mol. The molecule has 2 aromatic carbocycles. The minimum Gasteiger partial charge on any atom is -0.341 e. The van der Waals surface area contributed by atoms with Crippen LogP contribution in [-0.2, 0) is 7.05 Å². The van der Waals surface area contributed by atoms with Crippen molar-refractivity contribution in [1.82, 2.24) is 4.57 Å². The van der Waals surface area contributed by atoms with Crippen LogP contribution in [0.4, 0.5) is 0 Å². The van der Waals surface area contributed by atoms with E-state index in [1.54, 1.807) is 12.1 Å². The van der Waals surface area contributed by atoms with Crippen molar-refractivity contribution in [1.29, 1.82) is 5.26 Å². The van der Waals surface area contributed by atoms with Crippen LogP contribution in [-0.4, -0.2) is 10.9 Å². The maximum absolute atomic E-state index is 11.3. The maximum atomic E-state index is 11.3. The first kappa shape index (κ1) is 14.8. The van der Waals surface area contributed by atoms with Gasteiger partial charge in [0.2, 0.25) is 0 Å². The van der Waals surface area contributed by atoms with Crippen LogP contribution in [0.2, 0.25) is 0 Å². The standard InChI is InChI=1S/C20H16N2O/c1-14-3-7-17(8-4-14)20-19(11-18(13-23)22(20)2)16-9-5-15(12-21)6-10-16/h3-11,13H,1-2H3. The van der Waals surface area contributed by atoms with Gasteiger partial charge in [0, 0.05) is 12.6 Å². The quantitative estimate of drug-likeness (QED) is 0.675. The normalized spacial score (nSPS) is 10.3. The van der Waals surface area contributed by atoms with E-state index in [1.165, 1.54) is 5.56 Å². The molecular weight excluding hydrogens is 284 g/mol. The van der Waals surface area contributed by atoms with E-state index in [2.05, 4.69) is 30.3 Å². The van der Waals surface area contributed by atoms with Gasteiger partial charge in [0.05, 0.1) is 23.0 Å². The van der Waals surface area contributed by atoms with E-state index in [0.29, 0.717) is 11.3 Å². The van der Waals surface area contributed by atoms with E-state index in [-0.39, 0.29) is 0 Å². The van der Waals surface area contributed by atoms with E-state index in [1.807, 2.05) is 36.7 Å². The minimum atomic E-state index is 0.622. The fourth-order valence-corrected chi connectivity index (χ4v) is 2.74. The molecule has 0 amide bonds. The third-order valence-corrected chi connectivity index (χ3v) is 4.04. The van der Waals surface area contributed by atoms with Crippen molar-refractivity contribution < 1.29 is 4.79 Å². The fraction of sp³-hybridized carbons (Fsp3) is 0.100. The molecule has 0 N–H and O–H groups in total. The Balaban J connectivity index is 2.21. The SMILES string of the molecule is Cc1ccc(-c2c(-c3ccc(C#N)cc3)cc(C=O)n2C)cc1. The lowest BCUT2D eigenvalue weighted by molar-refractivity contribution is 0.111. The molecule has 0 spiro atoms. The second-order valence-corrected chi connectivity index (χ2v) is 5.56. The third kappa shape index (κ3) is 2.67. The summed E-state index contributed by atoms with van der Waals surface area (Å²) in [4.78, 5) is 11.3. The molecule has 0 saturated carbocycles. The first-order valence-corrected chi connectivity index (χ1v) is 7.36. The van der Waals surface area contributed by atoms with E-state index >= 15 is 0 Å². The van der Waals surface area contributed by atoms with Gasteiger partial charge in [-0.2, -0.15) is 5.26 Å². The number of hydrogen-bond donors (Lipinski definition) is 0. The first-order valence-electron chi connectivity index (χ1n) is 7.36. The van der Waals surface area contributed by atoms with Crippen molar-refractivity contribution in [2.75, 3.05) is 0 Å². The number of aryl methyl sites for hydroxylation is 1. The molecule has 3 aromatic rings. The molecule has 1 aromatic heterocycles. The van der Waals surface area contributed by atoms with Crippen molar-refractivity contribution in [3.05, 3.63) is 71.4 Å². The predicted octanol–water partition coefficient (Wildman–Crippen LogP) is 4.35. The average molecular weight is 300 g/mol. The van der Waals surface area contributed by atoms with E-state index in [4.69, 9.17) is 5.26 Å². The van der Waals surface area contributed by atoms with Crippen LogP contribution in [0, 0.1) is 18.3 Å². The molecule has 0 aliphatic carbocycles. The Bertz CT molecular complexity index is 895. The number of benzene rings is 2. The summed E-state index contributed by atoms with van der Waals surface area (Å²) in [5.74, 6) is 0. The van der Waals surface area contributed by atoms with Crippen molar-refractivity contribution in [3.63, 3.8) is 0 Å². The predicted molar refractivity (Wildman–Crippen MR) is 91.1 cm³/mol. The fourth-order valence-electron chi connectivity index (χ4n) is 2.74. The summed E-state index contributed by atoms with van der Waals surface area (Å²) in [7, 11) is 1.89. The van der Waals surface area contributed by atoms with E-state index < -0.39 is 0 Å². The molecule has 112 valence electrons. The lowest BCUT2D eigenvalue weighted by atomic mass is 10.00. The largest absolute Gasteiger partial charge is 0.341 e. The number of aldehydes is 1. The van der Waals surface area contributed by atoms with Crippen molar-refractivity contribution in [3.8, 4) is 28.5 Å². The second-order valence-electron chi connectivity index (χ2n) is 5.56. The van der Waals surface area contributed by atoms with E-state index in [0.717, 1.165) is 28.7 Å². The molecule has 23 heavy (non-hydrogen) atoms. The van der Waals surface area contributed by atoms with Crippen LogP contribution in [0.1, 0.15) is 21.6 Å². The Morgan fingerprint density at radius 2 is 1.61 bits per heavy atom. The van der Waals surface area contributed by atoms with Gasteiger partial charge in [-0.05, 0) is 36.2 Å². The van der Waals surface area contributed by atoms with Gasteiger partial charge in [-0.15, -0.1) is 0 Å². The van der Waals surface area contributed by atoms with Gasteiger partial charge in [-0.3, -0.25) is 4.79 Å². The Kier molecular flexibility index (Phi) is 3.82. The summed E-state index contributed by atoms with van der Waals surface area (Å²) in [5, 5.41) is 8.94. The molecule has 0 fully saturated rings. The van der Waals surface area contributed by atoms with Gasteiger partial charge in [0.25, 0.3) is 0 Å².